The minimum Gasteiger partial charge on any atom is -0.390 e. The van der Waals surface area contributed by atoms with E-state index in [0.717, 1.165) is 18.4 Å². The third-order valence-electron chi connectivity index (χ3n) is 4.58. The van der Waals surface area contributed by atoms with E-state index in [4.69, 9.17) is 0 Å². The van der Waals surface area contributed by atoms with Gasteiger partial charge in [0.1, 0.15) is 0 Å². The van der Waals surface area contributed by atoms with Gasteiger partial charge in [0.15, 0.2) is 0 Å². The van der Waals surface area contributed by atoms with Crippen molar-refractivity contribution in [2.24, 2.45) is 17.3 Å². The molecule has 0 heterocycles. The van der Waals surface area contributed by atoms with Crippen molar-refractivity contribution in [2.75, 3.05) is 0 Å². The van der Waals surface area contributed by atoms with Gasteiger partial charge in [0.2, 0.25) is 0 Å². The van der Waals surface area contributed by atoms with Crippen LogP contribution in [0, 0.1) is 17.3 Å². The van der Waals surface area contributed by atoms with Gasteiger partial charge in [0, 0.05) is 0 Å². The average molecular weight is 236 g/mol. The molecule has 0 spiro atoms. The molecule has 1 heteroatoms. The molecule has 2 atom stereocenters. The molecule has 0 saturated heterocycles. The number of rotatable bonds is 4. The SMILES string of the molecule is C=C(C)CC(C1CC=C(C)C1(C)C)C(C)(C)O. The Morgan fingerprint density at radius 2 is 2.12 bits per heavy atom. The van der Waals surface area contributed by atoms with E-state index in [1.807, 2.05) is 13.8 Å². The lowest BCUT2D eigenvalue weighted by Crippen LogP contribution is -2.41. The first-order valence-corrected chi connectivity index (χ1v) is 6.60. The summed E-state index contributed by atoms with van der Waals surface area (Å²) in [5.74, 6) is 0.794. The molecular weight excluding hydrogens is 208 g/mol. The van der Waals surface area contributed by atoms with Crippen molar-refractivity contribution < 1.29 is 5.11 Å². The first-order valence-electron chi connectivity index (χ1n) is 6.60. The van der Waals surface area contributed by atoms with E-state index < -0.39 is 5.60 Å². The molecule has 2 unspecified atom stereocenters. The molecule has 0 radical (unpaired) electrons. The van der Waals surface area contributed by atoms with Crippen LogP contribution < -0.4 is 0 Å². The molecule has 0 aliphatic heterocycles. The topological polar surface area (TPSA) is 20.2 Å². The molecule has 1 nitrogen and oxygen atoms in total. The molecule has 0 saturated carbocycles. The summed E-state index contributed by atoms with van der Waals surface area (Å²) in [6.07, 6.45) is 4.33. The monoisotopic (exact) mass is 236 g/mol. The summed E-state index contributed by atoms with van der Waals surface area (Å²) >= 11 is 0. The molecule has 1 aliphatic rings. The van der Waals surface area contributed by atoms with Crippen LogP contribution in [0.4, 0.5) is 0 Å². The molecule has 1 aliphatic carbocycles. The van der Waals surface area contributed by atoms with Crippen molar-refractivity contribution in [1.82, 2.24) is 0 Å². The van der Waals surface area contributed by atoms with E-state index in [1.165, 1.54) is 5.57 Å². The Morgan fingerprint density at radius 1 is 1.59 bits per heavy atom. The maximum absolute atomic E-state index is 10.4. The average Bonchev–Trinajstić information content (AvgIpc) is 2.37. The zero-order valence-electron chi connectivity index (χ0n) is 12.3. The Morgan fingerprint density at radius 3 is 2.41 bits per heavy atom. The molecule has 0 fully saturated rings. The standard InChI is InChI=1S/C16H28O/c1-11(2)10-14(16(6,7)17)13-9-8-12(3)15(13,4)5/h8,13-14,17H,1,9-10H2,2-7H3. The first kappa shape index (κ1) is 14.5. The largest absolute Gasteiger partial charge is 0.390 e. The number of hydrogen-bond acceptors (Lipinski definition) is 1. The zero-order valence-corrected chi connectivity index (χ0v) is 12.3. The van der Waals surface area contributed by atoms with Crippen LogP contribution in [0.5, 0.6) is 0 Å². The van der Waals surface area contributed by atoms with Gasteiger partial charge in [-0.1, -0.05) is 31.1 Å². The van der Waals surface area contributed by atoms with Crippen molar-refractivity contribution in [3.8, 4) is 0 Å². The summed E-state index contributed by atoms with van der Waals surface area (Å²) in [5.41, 5.74) is 2.18. The van der Waals surface area contributed by atoms with Gasteiger partial charge in [-0.3, -0.25) is 0 Å². The third kappa shape index (κ3) is 3.01. The van der Waals surface area contributed by atoms with Gasteiger partial charge in [-0.2, -0.15) is 0 Å². The van der Waals surface area contributed by atoms with Gasteiger partial charge in [-0.15, -0.1) is 6.58 Å². The highest BCUT2D eigenvalue weighted by Gasteiger charge is 2.44. The lowest BCUT2D eigenvalue weighted by molar-refractivity contribution is -0.0291. The summed E-state index contributed by atoms with van der Waals surface area (Å²) < 4.78 is 0. The molecule has 0 bridgehead atoms. The second kappa shape index (κ2) is 4.61. The van der Waals surface area contributed by atoms with Crippen molar-refractivity contribution in [3.05, 3.63) is 23.8 Å². The quantitative estimate of drug-likeness (QED) is 0.720. The molecule has 0 aromatic carbocycles. The summed E-state index contributed by atoms with van der Waals surface area (Å²) in [7, 11) is 0. The van der Waals surface area contributed by atoms with Crippen LogP contribution in [0.3, 0.4) is 0 Å². The summed E-state index contributed by atoms with van der Waals surface area (Å²) in [5, 5.41) is 10.4. The van der Waals surface area contributed by atoms with Crippen molar-refractivity contribution >= 4 is 0 Å². The van der Waals surface area contributed by atoms with Crippen molar-refractivity contribution in [1.29, 1.82) is 0 Å². The molecule has 98 valence electrons. The number of hydrogen-bond donors (Lipinski definition) is 1. The maximum atomic E-state index is 10.4. The molecule has 0 amide bonds. The second-order valence-electron chi connectivity index (χ2n) is 6.87. The fourth-order valence-corrected chi connectivity index (χ4v) is 3.08. The van der Waals surface area contributed by atoms with Crippen molar-refractivity contribution in [2.45, 2.75) is 60.0 Å². The Labute approximate surface area is 107 Å². The highest BCUT2D eigenvalue weighted by Crippen LogP contribution is 2.50. The lowest BCUT2D eigenvalue weighted by Gasteiger charge is -2.42. The highest BCUT2D eigenvalue weighted by molar-refractivity contribution is 5.20. The van der Waals surface area contributed by atoms with Crippen molar-refractivity contribution in [3.63, 3.8) is 0 Å². The van der Waals surface area contributed by atoms with E-state index >= 15 is 0 Å². The van der Waals surface area contributed by atoms with E-state index in [9.17, 15) is 5.11 Å². The van der Waals surface area contributed by atoms with Crippen LogP contribution >= 0.6 is 0 Å². The molecule has 1 rings (SSSR count). The molecule has 0 aromatic rings. The Bertz CT molecular complexity index is 328. The Balaban J connectivity index is 2.98. The van der Waals surface area contributed by atoms with Crippen LogP contribution in [-0.2, 0) is 0 Å². The van der Waals surface area contributed by atoms with E-state index in [0.29, 0.717) is 5.92 Å². The zero-order chi connectivity index (χ0) is 13.4. The smallest absolute Gasteiger partial charge is 0.0625 e. The van der Waals surface area contributed by atoms with Crippen LogP contribution in [0.15, 0.2) is 23.8 Å². The van der Waals surface area contributed by atoms with Gasteiger partial charge in [-0.05, 0) is 57.8 Å². The Kier molecular flexibility index (Phi) is 3.93. The van der Waals surface area contributed by atoms with Crippen LogP contribution in [0.1, 0.15) is 54.4 Å². The fraction of sp³-hybridized carbons (Fsp3) is 0.750. The van der Waals surface area contributed by atoms with Gasteiger partial charge in [-0.25, -0.2) is 0 Å². The normalized spacial score (nSPS) is 25.6. The minimum absolute atomic E-state index is 0.195. The third-order valence-corrected chi connectivity index (χ3v) is 4.58. The molecule has 17 heavy (non-hydrogen) atoms. The summed E-state index contributed by atoms with van der Waals surface area (Å²) in [6.45, 7) is 16.8. The molecule has 0 aromatic heterocycles. The first-order chi connectivity index (χ1) is 7.56. The van der Waals surface area contributed by atoms with Gasteiger partial charge >= 0.3 is 0 Å². The summed E-state index contributed by atoms with van der Waals surface area (Å²) in [4.78, 5) is 0. The Hall–Kier alpha value is -0.560. The lowest BCUT2D eigenvalue weighted by atomic mass is 9.65. The number of allylic oxidation sites excluding steroid dienone is 3. The van der Waals surface area contributed by atoms with Crippen LogP contribution in [0.2, 0.25) is 0 Å². The van der Waals surface area contributed by atoms with Crippen LogP contribution in [0.25, 0.3) is 0 Å². The predicted molar refractivity (Wildman–Crippen MR) is 74.9 cm³/mol. The van der Waals surface area contributed by atoms with Crippen LogP contribution in [-0.4, -0.2) is 10.7 Å². The molecular formula is C16H28O. The maximum Gasteiger partial charge on any atom is 0.0625 e. The predicted octanol–water partition coefficient (Wildman–Crippen LogP) is 4.33. The van der Waals surface area contributed by atoms with Gasteiger partial charge < -0.3 is 5.11 Å². The van der Waals surface area contributed by atoms with Gasteiger partial charge in [0.25, 0.3) is 0 Å². The van der Waals surface area contributed by atoms with E-state index in [1.54, 1.807) is 0 Å². The summed E-state index contributed by atoms with van der Waals surface area (Å²) in [6, 6.07) is 0. The van der Waals surface area contributed by atoms with E-state index in [2.05, 4.69) is 40.3 Å². The van der Waals surface area contributed by atoms with Gasteiger partial charge in [0.05, 0.1) is 5.60 Å². The minimum atomic E-state index is -0.640. The van der Waals surface area contributed by atoms with E-state index in [-0.39, 0.29) is 11.3 Å². The number of aliphatic hydroxyl groups is 1. The molecule has 1 N–H and O–H groups in total. The second-order valence-corrected chi connectivity index (χ2v) is 6.87. The highest BCUT2D eigenvalue weighted by atomic mass is 16.3. The fourth-order valence-electron chi connectivity index (χ4n) is 3.08.